The van der Waals surface area contributed by atoms with Gasteiger partial charge in [0.15, 0.2) is 0 Å². The molecular weight excluding hydrogens is 341 g/mol. The first-order valence-electron chi connectivity index (χ1n) is 5.76. The number of nitrogens with zero attached hydrogens (tertiary/aromatic N) is 3. The minimum Gasteiger partial charge on any atom is -0.258 e. The predicted molar refractivity (Wildman–Crippen MR) is 77.8 cm³/mol. The summed E-state index contributed by atoms with van der Waals surface area (Å²) in [5, 5.41) is 18.7. The Hall–Kier alpha value is -1.40. The fourth-order valence-electron chi connectivity index (χ4n) is 1.65. The largest absolute Gasteiger partial charge is 0.307 e. The van der Waals surface area contributed by atoms with Crippen LogP contribution in [0.1, 0.15) is 13.3 Å². The van der Waals surface area contributed by atoms with Gasteiger partial charge in [0.2, 0.25) is 10.0 Å². The van der Waals surface area contributed by atoms with Gasteiger partial charge in [-0.2, -0.15) is 9.57 Å². The summed E-state index contributed by atoms with van der Waals surface area (Å²) in [4.78, 5) is 9.68. The Kier molecular flexibility index (Phi) is 5.92. The maximum atomic E-state index is 12.4. The Bertz CT molecular complexity index is 700. The van der Waals surface area contributed by atoms with Crippen molar-refractivity contribution in [1.82, 2.24) is 4.31 Å². The molecule has 0 aliphatic rings. The van der Waals surface area contributed by atoms with Gasteiger partial charge in [0.05, 0.1) is 11.0 Å². The van der Waals surface area contributed by atoms with Gasteiger partial charge in [-0.05, 0) is 12.1 Å². The van der Waals surface area contributed by atoms with Crippen molar-refractivity contribution in [3.05, 3.63) is 32.3 Å². The number of nitro groups is 1. The van der Waals surface area contributed by atoms with E-state index in [1.807, 2.05) is 6.07 Å². The van der Waals surface area contributed by atoms with E-state index < -0.39 is 30.6 Å². The molecule has 0 saturated carbocycles. The van der Waals surface area contributed by atoms with Crippen LogP contribution in [0.4, 0.5) is 5.69 Å². The fraction of sp³-hybridized carbons (Fsp3) is 0.364. The highest BCUT2D eigenvalue weighted by atomic mass is 35.5. The van der Waals surface area contributed by atoms with Crippen molar-refractivity contribution in [2.75, 3.05) is 13.1 Å². The van der Waals surface area contributed by atoms with Gasteiger partial charge < -0.3 is 0 Å². The van der Waals surface area contributed by atoms with E-state index in [2.05, 4.69) is 0 Å². The van der Waals surface area contributed by atoms with Crippen LogP contribution in [0.3, 0.4) is 0 Å². The summed E-state index contributed by atoms with van der Waals surface area (Å²) in [5.41, 5.74) is -0.657. The Balaban J connectivity index is 3.42. The molecule has 0 aliphatic carbocycles. The summed E-state index contributed by atoms with van der Waals surface area (Å²) in [6.45, 7) is 1.67. The number of nitriles is 1. The maximum absolute atomic E-state index is 12.4. The molecule has 0 atom stereocenters. The van der Waals surface area contributed by atoms with Crippen LogP contribution >= 0.6 is 23.2 Å². The first-order valence-corrected chi connectivity index (χ1v) is 7.96. The van der Waals surface area contributed by atoms with Crippen molar-refractivity contribution in [3.63, 3.8) is 0 Å². The van der Waals surface area contributed by atoms with Crippen LogP contribution in [0.2, 0.25) is 10.0 Å². The molecule has 0 aromatic heterocycles. The third-order valence-corrected chi connectivity index (χ3v) is 5.47. The molecule has 21 heavy (non-hydrogen) atoms. The number of nitro benzene ring substituents is 1. The van der Waals surface area contributed by atoms with E-state index >= 15 is 0 Å². The molecule has 0 spiro atoms. The van der Waals surface area contributed by atoms with Gasteiger partial charge in [0.25, 0.3) is 0 Å². The predicted octanol–water partition coefficient (Wildman–Crippen LogP) is 2.83. The SMILES string of the molecule is CCN(CCC#N)S(=O)(=O)c1ccc(Cl)c([N+](=O)[O-])c1Cl. The number of rotatable bonds is 6. The molecule has 0 unspecified atom stereocenters. The minimum absolute atomic E-state index is 0.000369. The number of sulfonamides is 1. The summed E-state index contributed by atoms with van der Waals surface area (Å²) in [7, 11) is -4.04. The molecule has 1 aromatic carbocycles. The van der Waals surface area contributed by atoms with Crippen LogP contribution in [0.25, 0.3) is 0 Å². The van der Waals surface area contributed by atoms with Crippen molar-refractivity contribution in [3.8, 4) is 6.07 Å². The molecule has 0 aliphatic heterocycles. The normalized spacial score (nSPS) is 11.4. The quantitative estimate of drug-likeness (QED) is 0.578. The first kappa shape index (κ1) is 17.7. The Morgan fingerprint density at radius 1 is 1.43 bits per heavy atom. The molecule has 0 saturated heterocycles. The van der Waals surface area contributed by atoms with E-state index in [0.717, 1.165) is 16.4 Å². The highest BCUT2D eigenvalue weighted by Gasteiger charge is 2.31. The molecule has 0 bridgehead atoms. The van der Waals surface area contributed by atoms with E-state index in [1.165, 1.54) is 0 Å². The van der Waals surface area contributed by atoms with Gasteiger partial charge in [-0.25, -0.2) is 8.42 Å². The highest BCUT2D eigenvalue weighted by Crippen LogP contribution is 2.38. The Morgan fingerprint density at radius 2 is 2.05 bits per heavy atom. The Morgan fingerprint density at radius 3 is 2.52 bits per heavy atom. The summed E-state index contributed by atoms with van der Waals surface area (Å²) in [5.74, 6) is 0. The second-order valence-electron chi connectivity index (χ2n) is 3.87. The van der Waals surface area contributed by atoms with E-state index in [9.17, 15) is 18.5 Å². The monoisotopic (exact) mass is 351 g/mol. The summed E-state index contributed by atoms with van der Waals surface area (Å²) in [6.07, 6.45) is 0.000369. The lowest BCUT2D eigenvalue weighted by Gasteiger charge is -2.19. The zero-order chi connectivity index (χ0) is 16.2. The second-order valence-corrected chi connectivity index (χ2v) is 6.56. The van der Waals surface area contributed by atoms with Crippen LogP contribution < -0.4 is 0 Å². The molecule has 1 rings (SSSR count). The number of halogens is 2. The summed E-state index contributed by atoms with van der Waals surface area (Å²) in [6, 6.07) is 4.06. The van der Waals surface area contributed by atoms with Gasteiger partial charge in [-0.1, -0.05) is 30.1 Å². The number of benzene rings is 1. The lowest BCUT2D eigenvalue weighted by Crippen LogP contribution is -2.32. The maximum Gasteiger partial charge on any atom is 0.307 e. The Labute approximate surface area is 131 Å². The fourth-order valence-corrected chi connectivity index (χ4v) is 3.97. The standard InChI is InChI=1S/C11H11Cl2N3O4S/c1-2-15(7-3-6-14)21(19,20)9-5-4-8(12)11(10(9)13)16(17)18/h4-5H,2-3,7H2,1H3. The van der Waals surface area contributed by atoms with Gasteiger partial charge >= 0.3 is 5.69 Å². The molecule has 0 heterocycles. The number of hydrogen-bond donors (Lipinski definition) is 0. The zero-order valence-electron chi connectivity index (χ0n) is 10.9. The van der Waals surface area contributed by atoms with Crippen LogP contribution in [-0.4, -0.2) is 30.7 Å². The zero-order valence-corrected chi connectivity index (χ0v) is 13.2. The van der Waals surface area contributed by atoms with Gasteiger partial charge in [-0.3, -0.25) is 10.1 Å². The third kappa shape index (κ3) is 3.63. The van der Waals surface area contributed by atoms with E-state index in [1.54, 1.807) is 6.92 Å². The van der Waals surface area contributed by atoms with Crippen LogP contribution in [0.15, 0.2) is 17.0 Å². The number of hydrogen-bond acceptors (Lipinski definition) is 5. The van der Waals surface area contributed by atoms with Crippen LogP contribution in [0.5, 0.6) is 0 Å². The molecule has 10 heteroatoms. The van der Waals surface area contributed by atoms with E-state index in [4.69, 9.17) is 28.5 Å². The molecular formula is C11H11Cl2N3O4S. The topological polar surface area (TPSA) is 104 Å². The lowest BCUT2D eigenvalue weighted by molar-refractivity contribution is -0.384. The average molecular weight is 352 g/mol. The third-order valence-electron chi connectivity index (χ3n) is 2.66. The van der Waals surface area contributed by atoms with Crippen molar-refractivity contribution >= 4 is 38.9 Å². The molecule has 114 valence electrons. The lowest BCUT2D eigenvalue weighted by atomic mass is 10.3. The van der Waals surface area contributed by atoms with Crippen molar-refractivity contribution < 1.29 is 13.3 Å². The molecule has 0 radical (unpaired) electrons. The molecule has 0 amide bonds. The smallest absolute Gasteiger partial charge is 0.258 e. The van der Waals surface area contributed by atoms with Gasteiger partial charge in [0, 0.05) is 19.5 Å². The molecule has 0 fully saturated rings. The van der Waals surface area contributed by atoms with Crippen molar-refractivity contribution in [2.24, 2.45) is 0 Å². The van der Waals surface area contributed by atoms with Gasteiger partial charge in [0.1, 0.15) is 14.9 Å². The first-order chi connectivity index (χ1) is 9.77. The van der Waals surface area contributed by atoms with E-state index in [-0.39, 0.29) is 24.5 Å². The van der Waals surface area contributed by atoms with E-state index in [0.29, 0.717) is 0 Å². The van der Waals surface area contributed by atoms with Crippen LogP contribution in [-0.2, 0) is 10.0 Å². The van der Waals surface area contributed by atoms with Gasteiger partial charge in [-0.15, -0.1) is 0 Å². The van der Waals surface area contributed by atoms with Crippen molar-refractivity contribution in [2.45, 2.75) is 18.2 Å². The summed E-state index contributed by atoms with van der Waals surface area (Å²) < 4.78 is 25.9. The van der Waals surface area contributed by atoms with Crippen molar-refractivity contribution in [1.29, 1.82) is 5.26 Å². The van der Waals surface area contributed by atoms with Crippen LogP contribution in [0, 0.1) is 21.4 Å². The molecule has 7 nitrogen and oxygen atoms in total. The minimum atomic E-state index is -4.04. The highest BCUT2D eigenvalue weighted by molar-refractivity contribution is 7.89. The molecule has 0 N–H and O–H groups in total. The summed E-state index contributed by atoms with van der Waals surface area (Å²) >= 11 is 11.5. The average Bonchev–Trinajstić information content (AvgIpc) is 2.38. The molecule has 1 aromatic rings. The second kappa shape index (κ2) is 7.04.